The van der Waals surface area contributed by atoms with E-state index < -0.39 is 17.8 Å². The summed E-state index contributed by atoms with van der Waals surface area (Å²) in [5.41, 5.74) is -0.354. The molecular formula is C14H15F3N2OS. The molecule has 0 saturated heterocycles. The van der Waals surface area contributed by atoms with Gasteiger partial charge in [0.1, 0.15) is 0 Å². The maximum Gasteiger partial charge on any atom is 0.416 e. The number of rotatable bonds is 2. The summed E-state index contributed by atoms with van der Waals surface area (Å²) in [5.74, 6) is 0. The third-order valence-electron chi connectivity index (χ3n) is 3.75. The van der Waals surface area contributed by atoms with Gasteiger partial charge in [0, 0.05) is 0 Å². The first-order valence-electron chi connectivity index (χ1n) is 6.86. The van der Waals surface area contributed by atoms with Crippen molar-refractivity contribution in [3.8, 4) is 0 Å². The highest BCUT2D eigenvalue weighted by Gasteiger charge is 2.31. The predicted octanol–water partition coefficient (Wildman–Crippen LogP) is 4.03. The van der Waals surface area contributed by atoms with Crippen LogP contribution >= 0.6 is 11.3 Å². The van der Waals surface area contributed by atoms with Crippen LogP contribution in [0.5, 0.6) is 0 Å². The number of hydrogen-bond acceptors (Lipinski definition) is 4. The Kier molecular flexibility index (Phi) is 3.79. The molecule has 1 heterocycles. The van der Waals surface area contributed by atoms with Crippen molar-refractivity contribution >= 4 is 26.7 Å². The molecule has 114 valence electrons. The SMILES string of the molecule is O[C@H]1CCCC[C@@H]1Nc1nc2cc(C(F)(F)F)ccc2s1. The Morgan fingerprint density at radius 1 is 1.24 bits per heavy atom. The molecule has 1 aromatic heterocycles. The lowest BCUT2D eigenvalue weighted by molar-refractivity contribution is -0.137. The third-order valence-corrected chi connectivity index (χ3v) is 4.72. The summed E-state index contributed by atoms with van der Waals surface area (Å²) in [6.07, 6.45) is -1.13. The van der Waals surface area contributed by atoms with Gasteiger partial charge in [-0.15, -0.1) is 0 Å². The van der Waals surface area contributed by atoms with Crippen LogP contribution in [-0.4, -0.2) is 22.2 Å². The molecule has 0 aliphatic heterocycles. The Labute approximate surface area is 123 Å². The molecule has 1 aliphatic carbocycles. The highest BCUT2D eigenvalue weighted by Crippen LogP contribution is 2.34. The van der Waals surface area contributed by atoms with Crippen LogP contribution in [-0.2, 0) is 6.18 Å². The number of alkyl halides is 3. The van der Waals surface area contributed by atoms with Crippen molar-refractivity contribution in [2.75, 3.05) is 5.32 Å². The summed E-state index contributed by atoms with van der Waals surface area (Å²) in [6.45, 7) is 0. The van der Waals surface area contributed by atoms with Crippen LogP contribution < -0.4 is 5.32 Å². The molecular weight excluding hydrogens is 301 g/mol. The number of anilines is 1. The van der Waals surface area contributed by atoms with Gasteiger partial charge in [-0.25, -0.2) is 4.98 Å². The maximum atomic E-state index is 12.7. The molecule has 0 amide bonds. The van der Waals surface area contributed by atoms with E-state index in [9.17, 15) is 18.3 Å². The minimum Gasteiger partial charge on any atom is -0.391 e. The number of aliphatic hydroxyl groups is 1. The van der Waals surface area contributed by atoms with E-state index >= 15 is 0 Å². The van der Waals surface area contributed by atoms with Crippen molar-refractivity contribution in [1.82, 2.24) is 4.98 Å². The Morgan fingerprint density at radius 2 is 2.00 bits per heavy atom. The summed E-state index contributed by atoms with van der Waals surface area (Å²) < 4.78 is 38.7. The average molecular weight is 316 g/mol. The van der Waals surface area contributed by atoms with Crippen LogP contribution in [0, 0.1) is 0 Å². The zero-order valence-corrected chi connectivity index (χ0v) is 12.0. The number of fused-ring (bicyclic) bond motifs is 1. The smallest absolute Gasteiger partial charge is 0.391 e. The molecule has 1 aromatic carbocycles. The minimum atomic E-state index is -4.36. The van der Waals surface area contributed by atoms with Crippen LogP contribution in [0.4, 0.5) is 18.3 Å². The van der Waals surface area contributed by atoms with E-state index in [-0.39, 0.29) is 6.04 Å². The summed E-state index contributed by atoms with van der Waals surface area (Å²) in [4.78, 5) is 4.21. The van der Waals surface area contributed by atoms with E-state index in [1.165, 1.54) is 17.4 Å². The molecule has 3 rings (SSSR count). The zero-order valence-electron chi connectivity index (χ0n) is 11.2. The Balaban J connectivity index is 1.84. The van der Waals surface area contributed by atoms with Gasteiger partial charge in [0.25, 0.3) is 0 Å². The molecule has 21 heavy (non-hydrogen) atoms. The number of benzene rings is 1. The van der Waals surface area contributed by atoms with Crippen molar-refractivity contribution in [2.24, 2.45) is 0 Å². The molecule has 0 radical (unpaired) electrons. The fourth-order valence-electron chi connectivity index (χ4n) is 2.60. The standard InChI is InChI=1S/C14H15F3N2OS/c15-14(16,17)8-5-6-12-10(7-8)19-13(21-12)18-9-3-1-2-4-11(9)20/h5-7,9,11,20H,1-4H2,(H,18,19)/t9-,11-/m0/s1. The van der Waals surface area contributed by atoms with Gasteiger partial charge in [0.05, 0.1) is 27.9 Å². The zero-order chi connectivity index (χ0) is 15.0. The Morgan fingerprint density at radius 3 is 2.71 bits per heavy atom. The van der Waals surface area contributed by atoms with Crippen LogP contribution in [0.1, 0.15) is 31.2 Å². The van der Waals surface area contributed by atoms with Crippen LogP contribution in [0.2, 0.25) is 0 Å². The minimum absolute atomic E-state index is 0.0681. The van der Waals surface area contributed by atoms with Crippen molar-refractivity contribution in [3.63, 3.8) is 0 Å². The Hall–Kier alpha value is -1.34. The summed E-state index contributed by atoms with van der Waals surface area (Å²) >= 11 is 1.31. The van der Waals surface area contributed by atoms with Gasteiger partial charge in [-0.05, 0) is 31.0 Å². The van der Waals surface area contributed by atoms with E-state index in [2.05, 4.69) is 10.3 Å². The first kappa shape index (κ1) is 14.6. The topological polar surface area (TPSA) is 45.1 Å². The second-order valence-corrected chi connectivity index (χ2v) is 6.33. The highest BCUT2D eigenvalue weighted by molar-refractivity contribution is 7.22. The Bertz CT molecular complexity index is 641. The van der Waals surface area contributed by atoms with E-state index in [1.54, 1.807) is 0 Å². The van der Waals surface area contributed by atoms with Gasteiger partial charge in [-0.2, -0.15) is 13.2 Å². The van der Waals surface area contributed by atoms with Crippen LogP contribution in [0.25, 0.3) is 10.2 Å². The number of aliphatic hydroxyl groups excluding tert-OH is 1. The van der Waals surface area contributed by atoms with Gasteiger partial charge in [-0.1, -0.05) is 24.2 Å². The molecule has 2 N–H and O–H groups in total. The van der Waals surface area contributed by atoms with E-state index in [1.807, 2.05) is 0 Å². The van der Waals surface area contributed by atoms with Gasteiger partial charge < -0.3 is 10.4 Å². The van der Waals surface area contributed by atoms with E-state index in [0.29, 0.717) is 15.3 Å². The third kappa shape index (κ3) is 3.13. The lowest BCUT2D eigenvalue weighted by Crippen LogP contribution is -2.36. The molecule has 2 atom stereocenters. The summed E-state index contributed by atoms with van der Waals surface area (Å²) in [6, 6.07) is 3.51. The molecule has 1 fully saturated rings. The van der Waals surface area contributed by atoms with Crippen molar-refractivity contribution in [3.05, 3.63) is 23.8 Å². The predicted molar refractivity (Wildman–Crippen MR) is 76.5 cm³/mol. The van der Waals surface area contributed by atoms with Crippen molar-refractivity contribution in [2.45, 2.75) is 44.0 Å². The van der Waals surface area contributed by atoms with E-state index in [0.717, 1.165) is 37.8 Å². The van der Waals surface area contributed by atoms with Gasteiger partial charge in [0.15, 0.2) is 5.13 Å². The molecule has 0 bridgehead atoms. The lowest BCUT2D eigenvalue weighted by Gasteiger charge is -2.27. The van der Waals surface area contributed by atoms with Crippen LogP contribution in [0.3, 0.4) is 0 Å². The molecule has 0 unspecified atom stereocenters. The average Bonchev–Trinajstić information content (AvgIpc) is 2.81. The molecule has 1 aliphatic rings. The highest BCUT2D eigenvalue weighted by atomic mass is 32.1. The molecule has 2 aromatic rings. The molecule has 1 saturated carbocycles. The fourth-order valence-corrected chi connectivity index (χ4v) is 3.51. The fraction of sp³-hybridized carbons (Fsp3) is 0.500. The normalized spacial score (nSPS) is 23.4. The first-order chi connectivity index (χ1) is 9.93. The maximum absolute atomic E-state index is 12.7. The van der Waals surface area contributed by atoms with Gasteiger partial charge in [0.2, 0.25) is 0 Å². The molecule has 7 heteroatoms. The van der Waals surface area contributed by atoms with E-state index in [4.69, 9.17) is 0 Å². The summed E-state index contributed by atoms with van der Waals surface area (Å²) in [7, 11) is 0. The number of aromatic nitrogens is 1. The number of halogens is 3. The quantitative estimate of drug-likeness (QED) is 0.879. The van der Waals surface area contributed by atoms with Gasteiger partial charge in [-0.3, -0.25) is 0 Å². The number of thiazole rings is 1. The van der Waals surface area contributed by atoms with Crippen molar-refractivity contribution in [1.29, 1.82) is 0 Å². The number of nitrogens with zero attached hydrogens (tertiary/aromatic N) is 1. The van der Waals surface area contributed by atoms with Gasteiger partial charge >= 0.3 is 6.18 Å². The lowest BCUT2D eigenvalue weighted by atomic mass is 9.93. The number of nitrogens with one attached hydrogen (secondary N) is 1. The second kappa shape index (κ2) is 5.46. The van der Waals surface area contributed by atoms with Crippen LogP contribution in [0.15, 0.2) is 18.2 Å². The number of hydrogen-bond donors (Lipinski definition) is 2. The second-order valence-electron chi connectivity index (χ2n) is 5.30. The molecule has 3 nitrogen and oxygen atoms in total. The first-order valence-corrected chi connectivity index (χ1v) is 7.67. The monoisotopic (exact) mass is 316 g/mol. The molecule has 0 spiro atoms. The van der Waals surface area contributed by atoms with Crippen molar-refractivity contribution < 1.29 is 18.3 Å². The largest absolute Gasteiger partial charge is 0.416 e. The summed E-state index contributed by atoms with van der Waals surface area (Å²) in [5, 5.41) is 13.6.